The summed E-state index contributed by atoms with van der Waals surface area (Å²) in [6.45, 7) is 22.9. The van der Waals surface area contributed by atoms with Crippen LogP contribution < -0.4 is 19.1 Å². The van der Waals surface area contributed by atoms with Crippen LogP contribution in [0.15, 0.2) is 24.3 Å². The van der Waals surface area contributed by atoms with Crippen LogP contribution in [0.2, 0.25) is 21.6 Å². The molecule has 6 heterocycles. The van der Waals surface area contributed by atoms with Crippen LogP contribution in [0.3, 0.4) is 0 Å². The van der Waals surface area contributed by atoms with Crippen LogP contribution in [-0.2, 0) is 14.2 Å². The van der Waals surface area contributed by atoms with Gasteiger partial charge in [-0.05, 0) is 87.1 Å². The number of piperazine rings is 1. The second-order valence-electron chi connectivity index (χ2n) is 20.4. The Bertz CT molecular complexity index is 2440. The third kappa shape index (κ3) is 9.80. The molecule has 2 aromatic carbocycles. The highest BCUT2D eigenvalue weighted by atomic mass is 35.5. The van der Waals surface area contributed by atoms with E-state index in [1.807, 2.05) is 49.9 Å². The molecular formula is C49H66ClFN6O7SSi. The topological polar surface area (TPSA) is 121 Å². The molecule has 1 amide bonds. The van der Waals surface area contributed by atoms with Crippen molar-refractivity contribution in [2.75, 3.05) is 64.8 Å². The summed E-state index contributed by atoms with van der Waals surface area (Å²) in [4.78, 5) is 35.5. The van der Waals surface area contributed by atoms with Gasteiger partial charge < -0.3 is 33.3 Å². The molecule has 0 saturated carbocycles. The van der Waals surface area contributed by atoms with E-state index < -0.39 is 19.8 Å². The van der Waals surface area contributed by atoms with Crippen molar-refractivity contribution in [3.8, 4) is 34.2 Å². The zero-order chi connectivity index (χ0) is 47.1. The van der Waals surface area contributed by atoms with Crippen molar-refractivity contribution >= 4 is 64.0 Å². The molecule has 0 N–H and O–H groups in total. The third-order valence-corrected chi connectivity index (χ3v) is 21.5. The van der Waals surface area contributed by atoms with Gasteiger partial charge in [-0.3, -0.25) is 9.80 Å². The second kappa shape index (κ2) is 19.6. The van der Waals surface area contributed by atoms with Gasteiger partial charge >= 0.3 is 12.1 Å². The Morgan fingerprint density at radius 1 is 1.00 bits per heavy atom. The van der Waals surface area contributed by atoms with Crippen molar-refractivity contribution < 1.29 is 37.6 Å². The summed E-state index contributed by atoms with van der Waals surface area (Å²) >= 11 is 8.38. The summed E-state index contributed by atoms with van der Waals surface area (Å²) in [6.07, 6.45) is 2.79. The minimum Gasteiger partial charge on any atom is -0.467 e. The Morgan fingerprint density at radius 2 is 1.73 bits per heavy atom. The SMILES string of the molecule is COCCOCOc1cc(Oc2nc3c(N4CC5CCC(C4)N5C(=O)OC(C)(C)C)nc(OC[C@@]45CCCN4C[C@H](F)C5)nc3s2)c2c(C#C[Si](C(C)C)(C(C)C)C(C)C)c(Cl)ccc2c1. The van der Waals surface area contributed by atoms with E-state index in [1.165, 1.54) is 11.3 Å². The number of thiazole rings is 1. The van der Waals surface area contributed by atoms with Crippen molar-refractivity contribution in [1.82, 2.24) is 24.8 Å². The molecule has 66 heavy (non-hydrogen) atoms. The number of rotatable bonds is 15. The Labute approximate surface area is 399 Å². The van der Waals surface area contributed by atoms with Gasteiger partial charge in [-0.2, -0.15) is 15.0 Å². The average Bonchev–Trinajstić information content (AvgIpc) is 3.98. The van der Waals surface area contributed by atoms with Gasteiger partial charge in [0.2, 0.25) is 0 Å². The zero-order valence-electron chi connectivity index (χ0n) is 40.2. The molecule has 0 radical (unpaired) electrons. The van der Waals surface area contributed by atoms with Crippen LogP contribution in [0.25, 0.3) is 21.1 Å². The maximum Gasteiger partial charge on any atom is 0.410 e. The standard InChI is InChI=1S/C49H66ClFN6O7SSi/c1-30(2)66(31(3)4,32(5)6)21-16-38-39(50)15-12-33-22-37(62-29-60-20-19-59-10)23-40(41(33)38)63-46-52-42-43(55-26-35-13-14-36(27-55)57(35)47(58)64-48(7,8)9)53-45(54-44(42)65-46)61-28-49-17-11-18-56(49)25-34(51)24-49/h12,15,22-23,30-32,34-36H,11,13-14,17-20,24-29H2,1-10H3/t34-,35?,36?,49+/m1/s1. The quantitative estimate of drug-likeness (QED) is 0.0488. The van der Waals surface area contributed by atoms with Crippen molar-refractivity contribution in [3.63, 3.8) is 0 Å². The van der Waals surface area contributed by atoms with E-state index in [0.29, 0.717) is 99.3 Å². The summed E-state index contributed by atoms with van der Waals surface area (Å²) in [6, 6.07) is 7.64. The molecule has 2 aromatic heterocycles. The van der Waals surface area contributed by atoms with Gasteiger partial charge in [0.25, 0.3) is 5.19 Å². The number of alkyl halides is 1. The predicted molar refractivity (Wildman–Crippen MR) is 261 cm³/mol. The molecule has 17 heteroatoms. The molecule has 0 spiro atoms. The summed E-state index contributed by atoms with van der Waals surface area (Å²) in [5, 5.41) is 2.43. The normalized spacial score (nSPS) is 22.2. The van der Waals surface area contributed by atoms with Gasteiger partial charge in [0.15, 0.2) is 17.4 Å². The fourth-order valence-corrected chi connectivity index (χ4v) is 17.3. The number of methoxy groups -OCH3 is 1. The van der Waals surface area contributed by atoms with E-state index in [9.17, 15) is 9.18 Å². The number of anilines is 1. The van der Waals surface area contributed by atoms with Crippen LogP contribution in [0.1, 0.15) is 100.0 Å². The highest BCUT2D eigenvalue weighted by Crippen LogP contribution is 2.46. The first kappa shape index (κ1) is 48.5. The largest absolute Gasteiger partial charge is 0.467 e. The molecule has 4 aliphatic rings. The van der Waals surface area contributed by atoms with Gasteiger partial charge in [-0.25, -0.2) is 9.18 Å². The maximum absolute atomic E-state index is 14.8. The smallest absolute Gasteiger partial charge is 0.410 e. The number of halogens is 2. The first-order chi connectivity index (χ1) is 31.4. The minimum atomic E-state index is -2.16. The van der Waals surface area contributed by atoms with Gasteiger partial charge in [0.1, 0.15) is 43.5 Å². The van der Waals surface area contributed by atoms with E-state index in [2.05, 4.69) is 62.8 Å². The third-order valence-electron chi connectivity index (χ3n) is 14.0. The summed E-state index contributed by atoms with van der Waals surface area (Å²) < 4.78 is 51.0. The van der Waals surface area contributed by atoms with Gasteiger partial charge in [-0.15, -0.1) is 5.54 Å². The minimum absolute atomic E-state index is 0.0108. The summed E-state index contributed by atoms with van der Waals surface area (Å²) in [5.74, 6) is 5.22. The number of hydrogen-bond donors (Lipinski definition) is 0. The molecule has 2 unspecified atom stereocenters. The molecule has 2 bridgehead atoms. The lowest BCUT2D eigenvalue weighted by Gasteiger charge is -2.41. The van der Waals surface area contributed by atoms with Crippen molar-refractivity contribution in [3.05, 3.63) is 34.9 Å². The Morgan fingerprint density at radius 3 is 2.41 bits per heavy atom. The first-order valence-electron chi connectivity index (χ1n) is 23.5. The fraction of sp³-hybridized carbons (Fsp3) is 0.633. The van der Waals surface area contributed by atoms with Gasteiger partial charge in [-0.1, -0.05) is 76.5 Å². The fourth-order valence-electron chi connectivity index (χ4n) is 11.1. The van der Waals surface area contributed by atoms with E-state index >= 15 is 0 Å². The number of amides is 1. The van der Waals surface area contributed by atoms with Crippen LogP contribution >= 0.6 is 22.9 Å². The molecule has 4 saturated heterocycles. The Hall–Kier alpha value is -3.98. The van der Waals surface area contributed by atoms with Crippen molar-refractivity contribution in [1.29, 1.82) is 0 Å². The van der Waals surface area contributed by atoms with Crippen LogP contribution in [0.5, 0.6) is 22.7 Å². The maximum atomic E-state index is 14.8. The predicted octanol–water partition coefficient (Wildman–Crippen LogP) is 10.8. The summed E-state index contributed by atoms with van der Waals surface area (Å²) in [5.41, 5.74) is 5.38. The van der Waals surface area contributed by atoms with Crippen LogP contribution in [0, 0.1) is 11.5 Å². The molecule has 0 aliphatic carbocycles. The molecule has 8 rings (SSSR count). The van der Waals surface area contributed by atoms with E-state index in [0.717, 1.165) is 43.0 Å². The molecule has 358 valence electrons. The molecule has 13 nitrogen and oxygen atoms in total. The lowest BCUT2D eigenvalue weighted by atomic mass is 9.95. The highest BCUT2D eigenvalue weighted by molar-refractivity contribution is 7.19. The van der Waals surface area contributed by atoms with Gasteiger partial charge in [0, 0.05) is 44.6 Å². The molecule has 4 fully saturated rings. The number of benzene rings is 2. The van der Waals surface area contributed by atoms with Gasteiger partial charge in [0.05, 0.1) is 41.4 Å². The average molecular weight is 966 g/mol. The first-order valence-corrected chi connectivity index (χ1v) is 27.0. The summed E-state index contributed by atoms with van der Waals surface area (Å²) in [7, 11) is -0.535. The Balaban J connectivity index is 1.20. The van der Waals surface area contributed by atoms with E-state index in [1.54, 1.807) is 7.11 Å². The number of ether oxygens (including phenoxy) is 6. The van der Waals surface area contributed by atoms with E-state index in [4.69, 9.17) is 55.0 Å². The molecule has 4 atom stereocenters. The second-order valence-corrected chi connectivity index (χ2v) is 27.3. The number of nitrogens with zero attached hydrogens (tertiary/aromatic N) is 6. The Kier molecular flexibility index (Phi) is 14.4. The molecular weight excluding hydrogens is 899 g/mol. The van der Waals surface area contributed by atoms with Crippen LogP contribution in [0.4, 0.5) is 15.0 Å². The number of carbonyl (C=O) groups is 1. The highest BCUT2D eigenvalue weighted by Gasteiger charge is 2.50. The number of aromatic nitrogens is 3. The zero-order valence-corrected chi connectivity index (χ0v) is 42.7. The number of hydrogen-bond acceptors (Lipinski definition) is 13. The molecule has 4 aliphatic heterocycles. The van der Waals surface area contributed by atoms with Crippen molar-refractivity contribution in [2.24, 2.45) is 0 Å². The lowest BCUT2D eigenvalue weighted by molar-refractivity contribution is -0.00846. The van der Waals surface area contributed by atoms with Crippen LogP contribution in [-0.4, -0.2) is 128 Å². The van der Waals surface area contributed by atoms with E-state index in [-0.39, 0.29) is 43.1 Å². The molecule has 4 aromatic rings. The lowest BCUT2D eigenvalue weighted by Crippen LogP contribution is -2.57. The number of fused-ring (bicyclic) bond motifs is 5. The monoisotopic (exact) mass is 964 g/mol. The van der Waals surface area contributed by atoms with Crippen molar-refractivity contribution in [2.45, 2.75) is 140 Å². The number of carbonyl (C=O) groups excluding carboxylic acids is 1.